The third-order valence-corrected chi connectivity index (χ3v) is 6.88. The van der Waals surface area contributed by atoms with Gasteiger partial charge in [-0.05, 0) is 31.0 Å². The number of thiophene rings is 1. The lowest BCUT2D eigenvalue weighted by atomic mass is 10.0. The summed E-state index contributed by atoms with van der Waals surface area (Å²) in [6.45, 7) is 4.77. The van der Waals surface area contributed by atoms with Crippen molar-refractivity contribution in [3.63, 3.8) is 0 Å². The third kappa shape index (κ3) is 4.55. The standard InChI is InChI=1S/C23H20F3N3S2/c1-3-29-21(19-14-30-15(2)20(19)17-9-5-4-6-10-17)27-28-22(29)31-13-16-8-7-11-18(12-16)23(24,25)26/h4-12,14H,3,13H2,1-2H3. The molecule has 0 N–H and O–H groups in total. The Hall–Kier alpha value is -2.58. The van der Waals surface area contributed by atoms with Gasteiger partial charge in [0.05, 0.1) is 5.56 Å². The van der Waals surface area contributed by atoms with E-state index >= 15 is 0 Å². The zero-order valence-corrected chi connectivity index (χ0v) is 18.6. The highest BCUT2D eigenvalue weighted by atomic mass is 32.2. The lowest BCUT2D eigenvalue weighted by molar-refractivity contribution is -0.137. The molecule has 0 aliphatic rings. The van der Waals surface area contributed by atoms with Crippen LogP contribution in [0.5, 0.6) is 0 Å². The van der Waals surface area contributed by atoms with Gasteiger partial charge in [0.1, 0.15) is 0 Å². The van der Waals surface area contributed by atoms with Crippen LogP contribution in [0.25, 0.3) is 22.5 Å². The number of alkyl halides is 3. The Morgan fingerprint density at radius 1 is 1.03 bits per heavy atom. The van der Waals surface area contributed by atoms with E-state index in [1.54, 1.807) is 17.4 Å². The quantitative estimate of drug-likeness (QED) is 0.283. The van der Waals surface area contributed by atoms with Crippen molar-refractivity contribution in [1.82, 2.24) is 14.8 Å². The van der Waals surface area contributed by atoms with E-state index in [0.29, 0.717) is 23.0 Å². The van der Waals surface area contributed by atoms with Gasteiger partial charge in [-0.1, -0.05) is 60.3 Å². The largest absolute Gasteiger partial charge is 0.416 e. The van der Waals surface area contributed by atoms with E-state index in [1.165, 1.54) is 28.8 Å². The van der Waals surface area contributed by atoms with Gasteiger partial charge in [-0.2, -0.15) is 13.2 Å². The average molecular weight is 460 g/mol. The SMILES string of the molecule is CCn1c(SCc2cccc(C(F)(F)F)c2)nnc1-c1csc(C)c1-c1ccccc1. The molecule has 8 heteroatoms. The molecule has 0 unspecified atom stereocenters. The number of rotatable bonds is 6. The topological polar surface area (TPSA) is 30.7 Å². The number of aryl methyl sites for hydroxylation is 1. The normalized spacial score (nSPS) is 11.8. The second-order valence-corrected chi connectivity index (χ2v) is 9.01. The maximum absolute atomic E-state index is 13.0. The highest BCUT2D eigenvalue weighted by molar-refractivity contribution is 7.98. The molecule has 0 amide bonds. The van der Waals surface area contributed by atoms with Gasteiger partial charge in [-0.3, -0.25) is 0 Å². The summed E-state index contributed by atoms with van der Waals surface area (Å²) < 4.78 is 41.0. The van der Waals surface area contributed by atoms with Gasteiger partial charge in [-0.25, -0.2) is 0 Å². The first-order chi connectivity index (χ1) is 14.9. The van der Waals surface area contributed by atoms with Crippen molar-refractivity contribution in [2.75, 3.05) is 0 Å². The fourth-order valence-electron chi connectivity index (χ4n) is 3.45. The van der Waals surface area contributed by atoms with Gasteiger partial charge >= 0.3 is 6.18 Å². The predicted octanol–water partition coefficient (Wildman–Crippen LogP) is 7.31. The number of hydrogen-bond acceptors (Lipinski definition) is 4. The number of nitrogens with zero attached hydrogens (tertiary/aromatic N) is 3. The van der Waals surface area contributed by atoms with E-state index in [4.69, 9.17) is 0 Å². The minimum absolute atomic E-state index is 0.385. The summed E-state index contributed by atoms with van der Waals surface area (Å²) in [5, 5.41) is 11.6. The van der Waals surface area contributed by atoms with Gasteiger partial charge < -0.3 is 4.57 Å². The van der Waals surface area contributed by atoms with Gasteiger partial charge in [0.15, 0.2) is 11.0 Å². The molecule has 0 atom stereocenters. The smallest absolute Gasteiger partial charge is 0.302 e. The molecule has 31 heavy (non-hydrogen) atoms. The molecule has 0 spiro atoms. The van der Waals surface area contributed by atoms with E-state index in [9.17, 15) is 13.2 Å². The molecule has 0 saturated carbocycles. The zero-order valence-electron chi connectivity index (χ0n) is 17.0. The number of thioether (sulfide) groups is 1. The minimum Gasteiger partial charge on any atom is -0.302 e. The van der Waals surface area contributed by atoms with E-state index in [0.717, 1.165) is 28.6 Å². The fraction of sp³-hybridized carbons (Fsp3) is 0.217. The Labute approximate surface area is 187 Å². The lowest BCUT2D eigenvalue weighted by Crippen LogP contribution is -2.05. The van der Waals surface area contributed by atoms with Crippen LogP contribution in [0.4, 0.5) is 13.2 Å². The summed E-state index contributed by atoms with van der Waals surface area (Å²) in [5.74, 6) is 1.16. The van der Waals surface area contributed by atoms with Crippen molar-refractivity contribution in [1.29, 1.82) is 0 Å². The van der Waals surface area contributed by atoms with Gasteiger partial charge in [0, 0.05) is 33.7 Å². The lowest BCUT2D eigenvalue weighted by Gasteiger charge is -2.10. The molecule has 0 saturated heterocycles. The van der Waals surface area contributed by atoms with Crippen LogP contribution in [-0.2, 0) is 18.5 Å². The molecule has 0 bridgehead atoms. The number of benzene rings is 2. The Kier molecular flexibility index (Phi) is 6.20. The second-order valence-electron chi connectivity index (χ2n) is 6.98. The summed E-state index contributed by atoms with van der Waals surface area (Å²) in [6, 6.07) is 15.6. The number of aromatic nitrogens is 3. The van der Waals surface area contributed by atoms with Crippen LogP contribution in [0.15, 0.2) is 65.1 Å². The van der Waals surface area contributed by atoms with Crippen molar-refractivity contribution in [3.8, 4) is 22.5 Å². The maximum atomic E-state index is 13.0. The molecule has 4 aromatic rings. The predicted molar refractivity (Wildman–Crippen MR) is 120 cm³/mol. The molecular weight excluding hydrogens is 439 g/mol. The Morgan fingerprint density at radius 3 is 2.52 bits per heavy atom. The first kappa shape index (κ1) is 21.6. The van der Waals surface area contributed by atoms with Crippen LogP contribution in [0.3, 0.4) is 0 Å². The number of hydrogen-bond donors (Lipinski definition) is 0. The summed E-state index contributed by atoms with van der Waals surface area (Å²) in [7, 11) is 0. The monoisotopic (exact) mass is 459 g/mol. The third-order valence-electron chi connectivity index (χ3n) is 4.93. The average Bonchev–Trinajstić information content (AvgIpc) is 3.35. The fourth-order valence-corrected chi connectivity index (χ4v) is 5.26. The van der Waals surface area contributed by atoms with Crippen LogP contribution >= 0.6 is 23.1 Å². The van der Waals surface area contributed by atoms with Crippen LogP contribution in [0.1, 0.15) is 22.9 Å². The highest BCUT2D eigenvalue weighted by Crippen LogP contribution is 2.39. The molecule has 3 nitrogen and oxygen atoms in total. The van der Waals surface area contributed by atoms with E-state index < -0.39 is 11.7 Å². The van der Waals surface area contributed by atoms with Crippen LogP contribution in [-0.4, -0.2) is 14.8 Å². The first-order valence-electron chi connectivity index (χ1n) is 9.74. The summed E-state index contributed by atoms with van der Waals surface area (Å²) in [6.07, 6.45) is -4.35. The van der Waals surface area contributed by atoms with E-state index in [-0.39, 0.29) is 0 Å². The first-order valence-corrected chi connectivity index (χ1v) is 11.6. The molecule has 0 fully saturated rings. The Balaban J connectivity index is 1.63. The van der Waals surface area contributed by atoms with Crippen molar-refractivity contribution < 1.29 is 13.2 Å². The van der Waals surface area contributed by atoms with E-state index in [1.807, 2.05) is 29.7 Å². The second kappa shape index (κ2) is 8.88. The molecule has 2 heterocycles. The molecule has 0 radical (unpaired) electrons. The highest BCUT2D eigenvalue weighted by Gasteiger charge is 2.30. The van der Waals surface area contributed by atoms with Crippen LogP contribution < -0.4 is 0 Å². The number of halogens is 3. The van der Waals surface area contributed by atoms with Crippen molar-refractivity contribution in [2.24, 2.45) is 0 Å². The van der Waals surface area contributed by atoms with Crippen LogP contribution in [0, 0.1) is 6.92 Å². The molecular formula is C23H20F3N3S2. The van der Waals surface area contributed by atoms with Crippen molar-refractivity contribution >= 4 is 23.1 Å². The summed E-state index contributed by atoms with van der Waals surface area (Å²) in [5.41, 5.74) is 3.25. The van der Waals surface area contributed by atoms with E-state index in [2.05, 4.69) is 34.6 Å². The maximum Gasteiger partial charge on any atom is 0.416 e. The Bertz CT molecular complexity index is 1180. The summed E-state index contributed by atoms with van der Waals surface area (Å²) in [4.78, 5) is 1.20. The molecule has 4 rings (SSSR count). The van der Waals surface area contributed by atoms with Gasteiger partial charge in [-0.15, -0.1) is 21.5 Å². The van der Waals surface area contributed by atoms with Gasteiger partial charge in [0.25, 0.3) is 0 Å². The molecule has 160 valence electrons. The molecule has 0 aliphatic heterocycles. The molecule has 0 aliphatic carbocycles. The van der Waals surface area contributed by atoms with Crippen LogP contribution in [0.2, 0.25) is 0 Å². The molecule has 2 aromatic heterocycles. The van der Waals surface area contributed by atoms with Crippen molar-refractivity contribution in [2.45, 2.75) is 37.5 Å². The Morgan fingerprint density at radius 2 is 1.81 bits per heavy atom. The zero-order chi connectivity index (χ0) is 22.0. The molecule has 2 aromatic carbocycles. The summed E-state index contributed by atoms with van der Waals surface area (Å²) >= 11 is 3.06. The minimum atomic E-state index is -4.35. The van der Waals surface area contributed by atoms with Gasteiger partial charge in [0.2, 0.25) is 0 Å². The van der Waals surface area contributed by atoms with Crippen molar-refractivity contribution in [3.05, 3.63) is 76.0 Å².